The fraction of sp³-hybridized carbons (Fsp3) is 0.571. The van der Waals surface area contributed by atoms with Crippen LogP contribution in [0.2, 0.25) is 0 Å². The van der Waals surface area contributed by atoms with Gasteiger partial charge in [0, 0.05) is 5.41 Å². The molecule has 0 aliphatic rings. The molecule has 17 heavy (non-hydrogen) atoms. The zero-order valence-corrected chi connectivity index (χ0v) is 10.9. The van der Waals surface area contributed by atoms with Gasteiger partial charge in [-0.05, 0) is 11.5 Å². The molecular weight excluding hydrogens is 225 g/mol. The molecular formula is C14H19F3. The molecule has 0 heterocycles. The van der Waals surface area contributed by atoms with E-state index < -0.39 is 22.7 Å². The van der Waals surface area contributed by atoms with Gasteiger partial charge in [-0.2, -0.15) is 0 Å². The van der Waals surface area contributed by atoms with E-state index in [4.69, 9.17) is 0 Å². The van der Waals surface area contributed by atoms with E-state index in [0.717, 1.165) is 0 Å². The van der Waals surface area contributed by atoms with Crippen LogP contribution in [0.15, 0.2) is 18.2 Å². The molecule has 3 heteroatoms. The van der Waals surface area contributed by atoms with E-state index in [-0.39, 0.29) is 5.92 Å². The summed E-state index contributed by atoms with van der Waals surface area (Å²) in [6, 6.07) is 4.22. The third-order valence-electron chi connectivity index (χ3n) is 2.93. The molecule has 1 aromatic rings. The molecule has 0 N–H and O–H groups in total. The van der Waals surface area contributed by atoms with Crippen molar-refractivity contribution in [2.75, 3.05) is 0 Å². The molecule has 0 nitrogen and oxygen atoms in total. The molecule has 0 unspecified atom stereocenters. The van der Waals surface area contributed by atoms with Gasteiger partial charge in [0.1, 0.15) is 5.82 Å². The predicted octanol–water partition coefficient (Wildman–Crippen LogP) is 5.09. The van der Waals surface area contributed by atoms with Crippen molar-refractivity contribution in [3.63, 3.8) is 0 Å². The van der Waals surface area contributed by atoms with E-state index in [1.165, 1.54) is 32.9 Å². The minimum atomic E-state index is -3.18. The second kappa shape index (κ2) is 4.35. The molecule has 0 bridgehead atoms. The lowest BCUT2D eigenvalue weighted by Crippen LogP contribution is -2.32. The molecule has 0 aliphatic carbocycles. The van der Waals surface area contributed by atoms with Crippen molar-refractivity contribution < 1.29 is 13.2 Å². The first-order valence-corrected chi connectivity index (χ1v) is 5.75. The molecule has 0 radical (unpaired) electrons. The summed E-state index contributed by atoms with van der Waals surface area (Å²) in [6.07, 6.45) is 0. The Labute approximate surface area is 101 Å². The molecule has 0 saturated heterocycles. The quantitative estimate of drug-likeness (QED) is 0.680. The normalized spacial score (nSPS) is 13.2. The lowest BCUT2D eigenvalue weighted by Gasteiger charge is -2.31. The molecule has 0 spiro atoms. The standard InChI is InChI=1S/C14H19F3/c1-9(2)10-7-6-8-11(12(10)15)14(16,17)13(3,4)5/h6-9H,1-5H3. The van der Waals surface area contributed by atoms with Gasteiger partial charge >= 0.3 is 0 Å². The van der Waals surface area contributed by atoms with E-state index in [1.807, 2.05) is 0 Å². The third kappa shape index (κ3) is 2.48. The molecule has 0 aromatic heterocycles. The van der Waals surface area contributed by atoms with Crippen molar-refractivity contribution in [2.45, 2.75) is 46.5 Å². The zero-order valence-electron chi connectivity index (χ0n) is 10.9. The van der Waals surface area contributed by atoms with Crippen LogP contribution in [0, 0.1) is 11.2 Å². The molecule has 1 aromatic carbocycles. The summed E-state index contributed by atoms with van der Waals surface area (Å²) in [5.41, 5.74) is -1.47. The highest BCUT2D eigenvalue weighted by Gasteiger charge is 2.46. The summed E-state index contributed by atoms with van der Waals surface area (Å²) >= 11 is 0. The lowest BCUT2D eigenvalue weighted by atomic mass is 9.82. The van der Waals surface area contributed by atoms with Crippen LogP contribution in [-0.4, -0.2) is 0 Å². The minimum Gasteiger partial charge on any atom is -0.206 e. The van der Waals surface area contributed by atoms with Gasteiger partial charge in [0.15, 0.2) is 0 Å². The number of halogens is 3. The molecule has 0 aliphatic heterocycles. The van der Waals surface area contributed by atoms with Crippen molar-refractivity contribution in [2.24, 2.45) is 5.41 Å². The van der Waals surface area contributed by atoms with Crippen molar-refractivity contribution in [1.82, 2.24) is 0 Å². The van der Waals surface area contributed by atoms with E-state index in [9.17, 15) is 13.2 Å². The van der Waals surface area contributed by atoms with Crippen LogP contribution in [0.3, 0.4) is 0 Å². The first-order valence-electron chi connectivity index (χ1n) is 5.75. The highest BCUT2D eigenvalue weighted by Crippen LogP contribution is 2.46. The summed E-state index contributed by atoms with van der Waals surface area (Å²) in [6.45, 7) is 7.81. The Morgan fingerprint density at radius 2 is 1.59 bits per heavy atom. The largest absolute Gasteiger partial charge is 0.280 e. The van der Waals surface area contributed by atoms with Crippen LogP contribution < -0.4 is 0 Å². The maximum atomic E-state index is 14.1. The number of hydrogen-bond donors (Lipinski definition) is 0. The molecule has 0 atom stereocenters. The number of hydrogen-bond acceptors (Lipinski definition) is 0. The zero-order chi connectivity index (χ0) is 13.4. The van der Waals surface area contributed by atoms with Crippen molar-refractivity contribution in [3.8, 4) is 0 Å². The van der Waals surface area contributed by atoms with Crippen molar-refractivity contribution in [1.29, 1.82) is 0 Å². The lowest BCUT2D eigenvalue weighted by molar-refractivity contribution is -0.107. The Balaban J connectivity index is 3.38. The maximum Gasteiger partial charge on any atom is 0.280 e. The average Bonchev–Trinajstić information content (AvgIpc) is 2.15. The summed E-state index contributed by atoms with van der Waals surface area (Å²) in [7, 11) is 0. The Bertz CT molecular complexity index is 400. The number of benzene rings is 1. The van der Waals surface area contributed by atoms with E-state index in [2.05, 4.69) is 0 Å². The second-order valence-electron chi connectivity index (χ2n) is 5.69. The van der Waals surface area contributed by atoms with Gasteiger partial charge in [-0.1, -0.05) is 52.8 Å². The topological polar surface area (TPSA) is 0 Å². The monoisotopic (exact) mass is 244 g/mol. The van der Waals surface area contributed by atoms with E-state index in [0.29, 0.717) is 5.56 Å². The SMILES string of the molecule is CC(C)c1cccc(C(F)(F)C(C)(C)C)c1F. The van der Waals surface area contributed by atoms with Gasteiger partial charge in [-0.15, -0.1) is 0 Å². The summed E-state index contributed by atoms with van der Waals surface area (Å²) in [5.74, 6) is -4.06. The van der Waals surface area contributed by atoms with Crippen LogP contribution in [0.5, 0.6) is 0 Å². The minimum absolute atomic E-state index is 0.106. The average molecular weight is 244 g/mol. The first kappa shape index (κ1) is 14.1. The van der Waals surface area contributed by atoms with E-state index in [1.54, 1.807) is 19.9 Å². The summed E-state index contributed by atoms with van der Waals surface area (Å²) in [4.78, 5) is 0. The summed E-state index contributed by atoms with van der Waals surface area (Å²) < 4.78 is 42.3. The second-order valence-corrected chi connectivity index (χ2v) is 5.69. The number of alkyl halides is 2. The summed E-state index contributed by atoms with van der Waals surface area (Å²) in [5, 5.41) is 0. The van der Waals surface area contributed by atoms with Crippen LogP contribution in [0.1, 0.15) is 51.7 Å². The Hall–Kier alpha value is -0.990. The van der Waals surface area contributed by atoms with Gasteiger partial charge in [-0.3, -0.25) is 0 Å². The Morgan fingerprint density at radius 1 is 1.06 bits per heavy atom. The Morgan fingerprint density at radius 3 is 2.00 bits per heavy atom. The highest BCUT2D eigenvalue weighted by atomic mass is 19.3. The molecule has 0 amide bonds. The van der Waals surface area contributed by atoms with Crippen LogP contribution in [-0.2, 0) is 5.92 Å². The fourth-order valence-electron chi connectivity index (χ4n) is 1.64. The number of rotatable bonds is 2. The van der Waals surface area contributed by atoms with Crippen molar-refractivity contribution in [3.05, 3.63) is 35.1 Å². The van der Waals surface area contributed by atoms with Gasteiger partial charge in [-0.25, -0.2) is 13.2 Å². The van der Waals surface area contributed by atoms with Crippen LogP contribution in [0.4, 0.5) is 13.2 Å². The fourth-order valence-corrected chi connectivity index (χ4v) is 1.64. The van der Waals surface area contributed by atoms with Crippen molar-refractivity contribution >= 4 is 0 Å². The van der Waals surface area contributed by atoms with E-state index >= 15 is 0 Å². The molecule has 96 valence electrons. The smallest absolute Gasteiger partial charge is 0.206 e. The Kier molecular flexibility index (Phi) is 3.60. The first-order chi connectivity index (χ1) is 7.59. The van der Waals surface area contributed by atoms with Gasteiger partial charge in [0.2, 0.25) is 0 Å². The molecule has 0 saturated carbocycles. The van der Waals surface area contributed by atoms with Crippen LogP contribution >= 0.6 is 0 Å². The third-order valence-corrected chi connectivity index (χ3v) is 2.93. The molecule has 1 rings (SSSR count). The highest BCUT2D eigenvalue weighted by molar-refractivity contribution is 5.32. The van der Waals surface area contributed by atoms with Gasteiger partial charge < -0.3 is 0 Å². The van der Waals surface area contributed by atoms with Gasteiger partial charge in [0.25, 0.3) is 5.92 Å². The van der Waals surface area contributed by atoms with Gasteiger partial charge in [0.05, 0.1) is 5.56 Å². The van der Waals surface area contributed by atoms with Crippen LogP contribution in [0.25, 0.3) is 0 Å². The molecule has 0 fully saturated rings. The predicted molar refractivity (Wildman–Crippen MR) is 63.8 cm³/mol. The maximum absolute atomic E-state index is 14.1.